The lowest BCUT2D eigenvalue weighted by Crippen LogP contribution is -2.38. The molecule has 0 unspecified atom stereocenters. The predicted octanol–water partition coefficient (Wildman–Crippen LogP) is -1.11. The van der Waals surface area contributed by atoms with E-state index in [1.807, 2.05) is 0 Å². The third-order valence-corrected chi connectivity index (χ3v) is 3.36. The molecule has 17 heavy (non-hydrogen) atoms. The van der Waals surface area contributed by atoms with E-state index in [-0.39, 0.29) is 17.4 Å². The predicted molar refractivity (Wildman–Crippen MR) is 65.0 cm³/mol. The summed E-state index contributed by atoms with van der Waals surface area (Å²) in [7, 11) is -1.95. The van der Waals surface area contributed by atoms with E-state index in [9.17, 15) is 8.42 Å². The number of pyridine rings is 1. The van der Waals surface area contributed by atoms with Gasteiger partial charge in [0.15, 0.2) is 5.96 Å². The second kappa shape index (κ2) is 6.16. The van der Waals surface area contributed by atoms with Crippen LogP contribution in [0.1, 0.15) is 0 Å². The quantitative estimate of drug-likeness (QED) is 0.352. The Hall–Kier alpha value is -1.67. The lowest BCUT2D eigenvalue weighted by atomic mass is 10.5. The topological polar surface area (TPSA) is 109 Å². The molecule has 7 nitrogen and oxygen atoms in total. The van der Waals surface area contributed by atoms with Crippen molar-refractivity contribution in [3.63, 3.8) is 0 Å². The van der Waals surface area contributed by atoms with Crippen LogP contribution in [-0.4, -0.2) is 39.5 Å². The summed E-state index contributed by atoms with van der Waals surface area (Å²) in [6.07, 6.45) is 2.80. The SMILES string of the molecule is CN=C(N)NCCNS(=O)(=O)c1cccnc1. The first-order valence-electron chi connectivity index (χ1n) is 4.92. The number of nitrogens with zero attached hydrogens (tertiary/aromatic N) is 2. The maximum atomic E-state index is 11.7. The van der Waals surface area contributed by atoms with Crippen LogP contribution in [0, 0.1) is 0 Å². The first kappa shape index (κ1) is 13.4. The van der Waals surface area contributed by atoms with Gasteiger partial charge in [0, 0.05) is 32.5 Å². The number of nitrogens with one attached hydrogen (secondary N) is 2. The second-order valence-corrected chi connectivity index (χ2v) is 4.89. The van der Waals surface area contributed by atoms with Gasteiger partial charge in [-0.15, -0.1) is 0 Å². The summed E-state index contributed by atoms with van der Waals surface area (Å²) >= 11 is 0. The van der Waals surface area contributed by atoms with E-state index in [1.54, 1.807) is 13.1 Å². The van der Waals surface area contributed by atoms with Gasteiger partial charge in [-0.2, -0.15) is 0 Å². The van der Waals surface area contributed by atoms with Gasteiger partial charge < -0.3 is 11.1 Å². The Kier molecular flexibility index (Phi) is 4.85. The standard InChI is InChI=1S/C9H15N5O2S/c1-11-9(10)13-5-6-14-17(15,16)8-3-2-4-12-7-8/h2-4,7,14H,5-6H2,1H3,(H3,10,11,13). The molecular formula is C9H15N5O2S. The van der Waals surface area contributed by atoms with Crippen molar-refractivity contribution in [1.29, 1.82) is 0 Å². The summed E-state index contributed by atoms with van der Waals surface area (Å²) < 4.78 is 25.8. The summed E-state index contributed by atoms with van der Waals surface area (Å²) in [5.41, 5.74) is 5.39. The van der Waals surface area contributed by atoms with Crippen LogP contribution in [0.3, 0.4) is 0 Å². The highest BCUT2D eigenvalue weighted by atomic mass is 32.2. The van der Waals surface area contributed by atoms with Gasteiger partial charge in [-0.1, -0.05) is 0 Å². The van der Waals surface area contributed by atoms with Gasteiger partial charge in [-0.05, 0) is 12.1 Å². The molecule has 0 aromatic carbocycles. The van der Waals surface area contributed by atoms with E-state index in [2.05, 4.69) is 20.0 Å². The number of aliphatic imine (C=N–C) groups is 1. The third kappa shape index (κ3) is 4.37. The monoisotopic (exact) mass is 257 g/mol. The lowest BCUT2D eigenvalue weighted by molar-refractivity contribution is 0.580. The van der Waals surface area contributed by atoms with Crippen LogP contribution in [0.4, 0.5) is 0 Å². The molecule has 0 aliphatic carbocycles. The fourth-order valence-corrected chi connectivity index (χ4v) is 2.04. The van der Waals surface area contributed by atoms with Crippen LogP contribution < -0.4 is 15.8 Å². The minimum Gasteiger partial charge on any atom is -0.370 e. The Balaban J connectivity index is 2.47. The first-order valence-corrected chi connectivity index (χ1v) is 6.40. The smallest absolute Gasteiger partial charge is 0.242 e. The molecule has 1 aromatic rings. The molecule has 8 heteroatoms. The number of aromatic nitrogens is 1. The van der Waals surface area contributed by atoms with Crippen molar-refractivity contribution in [2.24, 2.45) is 10.7 Å². The average molecular weight is 257 g/mol. The minimum absolute atomic E-state index is 0.136. The fourth-order valence-electron chi connectivity index (χ4n) is 1.04. The molecule has 0 saturated heterocycles. The van der Waals surface area contributed by atoms with Crippen LogP contribution in [0.25, 0.3) is 0 Å². The molecule has 4 N–H and O–H groups in total. The molecule has 1 heterocycles. The molecule has 0 atom stereocenters. The number of rotatable bonds is 5. The Morgan fingerprint density at radius 1 is 1.53 bits per heavy atom. The molecular weight excluding hydrogens is 242 g/mol. The van der Waals surface area contributed by atoms with Gasteiger partial charge in [0.2, 0.25) is 10.0 Å². The first-order chi connectivity index (χ1) is 8.06. The van der Waals surface area contributed by atoms with Gasteiger partial charge in [0.1, 0.15) is 4.90 Å². The van der Waals surface area contributed by atoms with Crippen LogP contribution in [0.2, 0.25) is 0 Å². The highest BCUT2D eigenvalue weighted by Gasteiger charge is 2.12. The Morgan fingerprint density at radius 3 is 2.88 bits per heavy atom. The van der Waals surface area contributed by atoms with Gasteiger partial charge >= 0.3 is 0 Å². The van der Waals surface area contributed by atoms with Crippen molar-refractivity contribution in [2.75, 3.05) is 20.1 Å². The zero-order chi connectivity index (χ0) is 12.7. The summed E-state index contributed by atoms with van der Waals surface area (Å²) in [6, 6.07) is 3.04. The van der Waals surface area contributed by atoms with Crippen molar-refractivity contribution in [1.82, 2.24) is 15.0 Å². The van der Waals surface area contributed by atoms with Crippen LogP contribution >= 0.6 is 0 Å². The zero-order valence-electron chi connectivity index (χ0n) is 9.42. The summed E-state index contributed by atoms with van der Waals surface area (Å²) in [6.45, 7) is 0.579. The van der Waals surface area contributed by atoms with E-state index < -0.39 is 10.0 Å². The molecule has 0 bridgehead atoms. The van der Waals surface area contributed by atoms with Gasteiger partial charge in [-0.25, -0.2) is 13.1 Å². The van der Waals surface area contributed by atoms with Crippen molar-refractivity contribution in [2.45, 2.75) is 4.90 Å². The molecule has 94 valence electrons. The molecule has 0 amide bonds. The second-order valence-electron chi connectivity index (χ2n) is 3.12. The highest BCUT2D eigenvalue weighted by molar-refractivity contribution is 7.89. The van der Waals surface area contributed by atoms with E-state index >= 15 is 0 Å². The minimum atomic E-state index is -3.50. The van der Waals surface area contributed by atoms with Crippen molar-refractivity contribution in [3.8, 4) is 0 Å². The molecule has 0 aliphatic heterocycles. The van der Waals surface area contributed by atoms with Crippen LogP contribution in [0.5, 0.6) is 0 Å². The number of hydrogen-bond donors (Lipinski definition) is 3. The van der Waals surface area contributed by atoms with Crippen molar-refractivity contribution >= 4 is 16.0 Å². The summed E-state index contributed by atoms with van der Waals surface area (Å²) in [5, 5.41) is 2.74. The van der Waals surface area contributed by atoms with E-state index in [0.717, 1.165) is 0 Å². The maximum Gasteiger partial charge on any atom is 0.242 e. The normalized spacial score (nSPS) is 12.4. The molecule has 0 saturated carbocycles. The molecule has 0 radical (unpaired) electrons. The largest absolute Gasteiger partial charge is 0.370 e. The highest BCUT2D eigenvalue weighted by Crippen LogP contribution is 2.04. The van der Waals surface area contributed by atoms with Crippen LogP contribution in [0.15, 0.2) is 34.4 Å². The maximum absolute atomic E-state index is 11.7. The molecule has 0 fully saturated rings. The van der Waals surface area contributed by atoms with E-state index in [1.165, 1.54) is 18.5 Å². The lowest BCUT2D eigenvalue weighted by Gasteiger charge is -2.07. The molecule has 0 aliphatic rings. The van der Waals surface area contributed by atoms with E-state index in [0.29, 0.717) is 6.54 Å². The van der Waals surface area contributed by atoms with Gasteiger partial charge in [0.25, 0.3) is 0 Å². The zero-order valence-corrected chi connectivity index (χ0v) is 10.2. The van der Waals surface area contributed by atoms with Crippen molar-refractivity contribution < 1.29 is 8.42 Å². The number of guanidine groups is 1. The van der Waals surface area contributed by atoms with Crippen LogP contribution in [-0.2, 0) is 10.0 Å². The Bertz CT molecular complexity index is 471. The average Bonchev–Trinajstić information content (AvgIpc) is 2.35. The van der Waals surface area contributed by atoms with Gasteiger partial charge in [-0.3, -0.25) is 9.98 Å². The number of sulfonamides is 1. The molecule has 1 aromatic heterocycles. The Labute approximate surface area is 100 Å². The summed E-state index contributed by atoms with van der Waals surface area (Å²) in [4.78, 5) is 7.56. The molecule has 1 rings (SSSR count). The number of hydrogen-bond acceptors (Lipinski definition) is 4. The Morgan fingerprint density at radius 2 is 2.29 bits per heavy atom. The summed E-state index contributed by atoms with van der Waals surface area (Å²) in [5.74, 6) is 0.269. The number of nitrogens with two attached hydrogens (primary N) is 1. The third-order valence-electron chi connectivity index (χ3n) is 1.91. The van der Waals surface area contributed by atoms with Gasteiger partial charge in [0.05, 0.1) is 0 Å². The van der Waals surface area contributed by atoms with E-state index in [4.69, 9.17) is 5.73 Å². The fraction of sp³-hybridized carbons (Fsp3) is 0.333. The van der Waals surface area contributed by atoms with Crippen molar-refractivity contribution in [3.05, 3.63) is 24.5 Å². The molecule has 0 spiro atoms.